The molecule has 0 saturated heterocycles. The number of hydrogen-bond acceptors (Lipinski definition) is 4. The highest BCUT2D eigenvalue weighted by Gasteiger charge is 2.06. The first-order chi connectivity index (χ1) is 10.7. The molecule has 1 N–H and O–H groups in total. The van der Waals surface area contributed by atoms with Gasteiger partial charge in [-0.05, 0) is 42.9 Å². The summed E-state index contributed by atoms with van der Waals surface area (Å²) in [5, 5.41) is 11.4. The lowest BCUT2D eigenvalue weighted by Crippen LogP contribution is -1.94. The van der Waals surface area contributed by atoms with Crippen LogP contribution in [0.1, 0.15) is 12.7 Å². The molecule has 6 heteroatoms. The zero-order valence-corrected chi connectivity index (χ0v) is 12.7. The van der Waals surface area contributed by atoms with Gasteiger partial charge in [0.15, 0.2) is 5.82 Å². The minimum atomic E-state index is 0.445. The highest BCUT2D eigenvalue weighted by Crippen LogP contribution is 2.16. The molecule has 0 spiro atoms. The van der Waals surface area contributed by atoms with E-state index in [-0.39, 0.29) is 0 Å². The number of furan rings is 1. The van der Waals surface area contributed by atoms with Crippen molar-refractivity contribution in [3.05, 3.63) is 64.8 Å². The average molecular weight is 310 g/mol. The summed E-state index contributed by atoms with van der Waals surface area (Å²) in [6, 6.07) is 13.5. The van der Waals surface area contributed by atoms with Crippen molar-refractivity contribution >= 4 is 24.5 Å². The number of H-pyrrole nitrogens is 1. The van der Waals surface area contributed by atoms with Crippen LogP contribution in [0.2, 0.25) is 0 Å². The number of nitrogens with zero attached hydrogens (tertiary/aromatic N) is 3. The zero-order valence-electron chi connectivity index (χ0n) is 11.9. The van der Waals surface area contributed by atoms with Gasteiger partial charge >= 0.3 is 0 Å². The molecule has 2 heterocycles. The molecule has 0 saturated carbocycles. The Labute approximate surface area is 132 Å². The van der Waals surface area contributed by atoms with Crippen LogP contribution in [0.5, 0.6) is 0 Å². The van der Waals surface area contributed by atoms with Crippen LogP contribution in [0.4, 0.5) is 0 Å². The van der Waals surface area contributed by atoms with Crippen molar-refractivity contribution in [2.24, 2.45) is 5.10 Å². The van der Waals surface area contributed by atoms with Gasteiger partial charge in [0, 0.05) is 5.56 Å². The summed E-state index contributed by atoms with van der Waals surface area (Å²) in [4.78, 5) is 0. The highest BCUT2D eigenvalue weighted by molar-refractivity contribution is 7.71. The summed E-state index contributed by atoms with van der Waals surface area (Å²) in [6.07, 6.45) is 5.26. The first-order valence-electron chi connectivity index (χ1n) is 6.73. The molecule has 3 rings (SSSR count). The van der Waals surface area contributed by atoms with Gasteiger partial charge in [0.05, 0.1) is 12.5 Å². The molecule has 0 unspecified atom stereocenters. The molecule has 1 aromatic carbocycles. The second kappa shape index (κ2) is 6.36. The number of allylic oxidation sites excluding steroid dienone is 1. The maximum absolute atomic E-state index is 5.27. The van der Waals surface area contributed by atoms with Gasteiger partial charge in [0.2, 0.25) is 4.77 Å². The molecule has 0 aliphatic heterocycles. The smallest absolute Gasteiger partial charge is 0.216 e. The molecule has 0 amide bonds. The first kappa shape index (κ1) is 14.2. The number of hydrogen-bond donors (Lipinski definition) is 1. The van der Waals surface area contributed by atoms with Crippen molar-refractivity contribution in [2.75, 3.05) is 0 Å². The van der Waals surface area contributed by atoms with Crippen LogP contribution in [0.15, 0.2) is 63.8 Å². The van der Waals surface area contributed by atoms with Crippen molar-refractivity contribution in [1.29, 1.82) is 0 Å². The maximum atomic E-state index is 5.27. The molecule has 0 radical (unpaired) electrons. The topological polar surface area (TPSA) is 59.1 Å². The quantitative estimate of drug-likeness (QED) is 0.582. The Morgan fingerprint density at radius 2 is 2.09 bits per heavy atom. The van der Waals surface area contributed by atoms with Gasteiger partial charge in [-0.15, -0.1) is 0 Å². The largest absolute Gasteiger partial charge is 0.465 e. The Balaban J connectivity index is 1.91. The summed E-state index contributed by atoms with van der Waals surface area (Å²) in [5.41, 5.74) is 1.89. The molecule has 0 fully saturated rings. The second-order valence-electron chi connectivity index (χ2n) is 4.68. The molecule has 3 aromatic rings. The number of aromatic amines is 1. The molecule has 0 bridgehead atoms. The van der Waals surface area contributed by atoms with Crippen LogP contribution in [0.3, 0.4) is 0 Å². The predicted molar refractivity (Wildman–Crippen MR) is 89.1 cm³/mol. The molecule has 110 valence electrons. The highest BCUT2D eigenvalue weighted by atomic mass is 32.1. The van der Waals surface area contributed by atoms with Gasteiger partial charge in [-0.25, -0.2) is 5.10 Å². The molecule has 2 aromatic heterocycles. The van der Waals surface area contributed by atoms with Gasteiger partial charge in [0.25, 0.3) is 0 Å². The summed E-state index contributed by atoms with van der Waals surface area (Å²) >= 11 is 5.23. The van der Waals surface area contributed by atoms with Crippen molar-refractivity contribution in [3.63, 3.8) is 0 Å². The summed E-state index contributed by atoms with van der Waals surface area (Å²) in [6.45, 7) is 1.94. The lowest BCUT2D eigenvalue weighted by Gasteiger charge is -2.00. The number of rotatable bonds is 4. The molecular weight excluding hydrogens is 296 g/mol. The van der Waals surface area contributed by atoms with Gasteiger partial charge in [-0.2, -0.15) is 14.9 Å². The lowest BCUT2D eigenvalue weighted by molar-refractivity contribution is 0.557. The van der Waals surface area contributed by atoms with Gasteiger partial charge in [-0.1, -0.05) is 30.3 Å². The van der Waals surface area contributed by atoms with E-state index < -0.39 is 0 Å². The third-order valence-electron chi connectivity index (χ3n) is 2.97. The lowest BCUT2D eigenvalue weighted by atomic mass is 10.2. The second-order valence-corrected chi connectivity index (χ2v) is 5.07. The monoisotopic (exact) mass is 310 g/mol. The Morgan fingerprint density at radius 1 is 1.27 bits per heavy atom. The fraction of sp³-hybridized carbons (Fsp3) is 0.0625. The fourth-order valence-corrected chi connectivity index (χ4v) is 2.14. The van der Waals surface area contributed by atoms with Crippen molar-refractivity contribution < 1.29 is 4.42 Å². The van der Waals surface area contributed by atoms with Crippen LogP contribution in [-0.2, 0) is 0 Å². The molecule has 22 heavy (non-hydrogen) atoms. The van der Waals surface area contributed by atoms with E-state index in [4.69, 9.17) is 16.6 Å². The molecule has 5 nitrogen and oxygen atoms in total. The Kier molecular flexibility index (Phi) is 4.11. The molecule has 0 atom stereocenters. The summed E-state index contributed by atoms with van der Waals surface area (Å²) in [7, 11) is 0. The third kappa shape index (κ3) is 3.12. The van der Waals surface area contributed by atoms with Crippen LogP contribution in [0.25, 0.3) is 17.5 Å². The predicted octanol–water partition coefficient (Wildman–Crippen LogP) is 4.14. The SMILES string of the molecule is CC(/C=N/n1c(-c2ccccc2)n[nH]c1=S)=C\c1ccco1. The van der Waals surface area contributed by atoms with Crippen LogP contribution in [0, 0.1) is 4.77 Å². The van der Waals surface area contributed by atoms with E-state index in [2.05, 4.69) is 15.3 Å². The van der Waals surface area contributed by atoms with Crippen LogP contribution >= 0.6 is 12.2 Å². The van der Waals surface area contributed by atoms with E-state index in [1.54, 1.807) is 17.2 Å². The van der Waals surface area contributed by atoms with Gasteiger partial charge in [0.1, 0.15) is 5.76 Å². The number of aromatic nitrogens is 3. The van der Waals surface area contributed by atoms with Crippen LogP contribution in [-0.4, -0.2) is 21.1 Å². The summed E-state index contributed by atoms with van der Waals surface area (Å²) < 4.78 is 7.32. The van der Waals surface area contributed by atoms with E-state index in [1.165, 1.54) is 0 Å². The average Bonchev–Trinajstić information content (AvgIpc) is 3.16. The van der Waals surface area contributed by atoms with E-state index in [1.807, 2.05) is 55.5 Å². The first-order valence-corrected chi connectivity index (χ1v) is 7.14. The van der Waals surface area contributed by atoms with Crippen molar-refractivity contribution in [3.8, 4) is 11.4 Å². The van der Waals surface area contributed by atoms with Gasteiger partial charge < -0.3 is 4.42 Å². The van der Waals surface area contributed by atoms with E-state index in [0.29, 0.717) is 10.6 Å². The number of benzene rings is 1. The Morgan fingerprint density at radius 3 is 2.82 bits per heavy atom. The molecule has 0 aliphatic carbocycles. The third-order valence-corrected chi connectivity index (χ3v) is 3.24. The van der Waals surface area contributed by atoms with E-state index in [9.17, 15) is 0 Å². The number of nitrogens with one attached hydrogen (secondary N) is 1. The van der Waals surface area contributed by atoms with E-state index in [0.717, 1.165) is 16.9 Å². The Hall–Kier alpha value is -2.73. The van der Waals surface area contributed by atoms with Crippen molar-refractivity contribution in [2.45, 2.75) is 6.92 Å². The zero-order chi connectivity index (χ0) is 15.4. The maximum Gasteiger partial charge on any atom is 0.216 e. The molecular formula is C16H14N4OS. The van der Waals surface area contributed by atoms with E-state index >= 15 is 0 Å². The van der Waals surface area contributed by atoms with Crippen molar-refractivity contribution in [1.82, 2.24) is 14.9 Å². The minimum absolute atomic E-state index is 0.445. The normalized spacial score (nSPS) is 12.1. The fourth-order valence-electron chi connectivity index (χ4n) is 1.96. The minimum Gasteiger partial charge on any atom is -0.465 e. The van der Waals surface area contributed by atoms with Gasteiger partial charge in [-0.3, -0.25) is 0 Å². The standard InChI is InChI=1S/C16H14N4OS/c1-12(10-14-8-5-9-21-14)11-17-20-15(18-19-16(20)22)13-6-3-2-4-7-13/h2-11H,1H3,(H,19,22)/b12-10+,17-11+. The van der Waals surface area contributed by atoms with Crippen LogP contribution < -0.4 is 0 Å². The summed E-state index contributed by atoms with van der Waals surface area (Å²) in [5.74, 6) is 1.45. The molecule has 0 aliphatic rings. The Bertz CT molecular complexity index is 857.